The molecule has 0 spiro atoms. The minimum atomic E-state index is -0.391. The monoisotopic (exact) mass is 239 g/mol. The van der Waals surface area contributed by atoms with Crippen LogP contribution in [-0.2, 0) is 10.3 Å². The molecular formula is C10H10BrNO. The molecule has 0 bridgehead atoms. The fourth-order valence-electron chi connectivity index (χ4n) is 1.64. The molecule has 0 aliphatic heterocycles. The maximum Gasteiger partial charge on any atom is 0.137 e. The van der Waals surface area contributed by atoms with E-state index in [0.717, 1.165) is 10.0 Å². The van der Waals surface area contributed by atoms with Crippen molar-refractivity contribution >= 4 is 21.7 Å². The van der Waals surface area contributed by atoms with Crippen LogP contribution in [0.5, 0.6) is 0 Å². The Balaban J connectivity index is 2.26. The van der Waals surface area contributed by atoms with Crippen molar-refractivity contribution in [2.45, 2.75) is 18.4 Å². The van der Waals surface area contributed by atoms with Crippen LogP contribution >= 0.6 is 15.9 Å². The van der Waals surface area contributed by atoms with Gasteiger partial charge in [0.1, 0.15) is 5.78 Å². The van der Waals surface area contributed by atoms with Crippen molar-refractivity contribution in [3.63, 3.8) is 0 Å². The van der Waals surface area contributed by atoms with Gasteiger partial charge in [0.2, 0.25) is 0 Å². The Labute approximate surface area is 85.3 Å². The molecule has 1 aromatic carbocycles. The van der Waals surface area contributed by atoms with E-state index in [1.165, 1.54) is 0 Å². The third kappa shape index (κ3) is 1.54. The van der Waals surface area contributed by atoms with E-state index in [9.17, 15) is 4.79 Å². The lowest BCUT2D eigenvalue weighted by Crippen LogP contribution is -2.49. The number of halogens is 1. The van der Waals surface area contributed by atoms with Crippen LogP contribution in [0.25, 0.3) is 0 Å². The fourth-order valence-corrected chi connectivity index (χ4v) is 1.90. The second-order valence-electron chi connectivity index (χ2n) is 3.56. The highest BCUT2D eigenvalue weighted by Gasteiger charge is 2.41. The van der Waals surface area contributed by atoms with Gasteiger partial charge in [-0.2, -0.15) is 0 Å². The summed E-state index contributed by atoms with van der Waals surface area (Å²) in [5, 5.41) is 0. The zero-order valence-electron chi connectivity index (χ0n) is 7.09. The van der Waals surface area contributed by atoms with Crippen LogP contribution in [0, 0.1) is 0 Å². The molecule has 1 saturated carbocycles. The highest BCUT2D eigenvalue weighted by Crippen LogP contribution is 2.36. The van der Waals surface area contributed by atoms with Crippen LogP contribution in [0.2, 0.25) is 0 Å². The lowest BCUT2D eigenvalue weighted by molar-refractivity contribution is -0.128. The van der Waals surface area contributed by atoms with Crippen molar-refractivity contribution in [3.8, 4) is 0 Å². The molecule has 1 aromatic rings. The van der Waals surface area contributed by atoms with Crippen molar-refractivity contribution in [1.82, 2.24) is 0 Å². The van der Waals surface area contributed by atoms with Crippen molar-refractivity contribution in [2.24, 2.45) is 5.73 Å². The molecule has 2 N–H and O–H groups in total. The number of ketones is 1. The largest absolute Gasteiger partial charge is 0.321 e. The van der Waals surface area contributed by atoms with Crippen molar-refractivity contribution in [3.05, 3.63) is 34.3 Å². The van der Waals surface area contributed by atoms with Gasteiger partial charge in [-0.05, 0) is 17.7 Å². The molecule has 0 heterocycles. The van der Waals surface area contributed by atoms with Crippen LogP contribution in [0.3, 0.4) is 0 Å². The third-order valence-corrected chi connectivity index (χ3v) is 2.97. The summed E-state index contributed by atoms with van der Waals surface area (Å²) in [6.45, 7) is 0. The van der Waals surface area contributed by atoms with Crippen LogP contribution in [0.4, 0.5) is 0 Å². The molecule has 0 unspecified atom stereocenters. The SMILES string of the molecule is NC1(c2ccc(Br)cc2)CC(=O)C1. The minimum absolute atomic E-state index is 0.255. The number of carbonyl (C=O) groups excluding carboxylic acids is 1. The molecule has 1 fully saturated rings. The van der Waals surface area contributed by atoms with E-state index in [-0.39, 0.29) is 5.78 Å². The highest BCUT2D eigenvalue weighted by atomic mass is 79.9. The average molecular weight is 240 g/mol. The summed E-state index contributed by atoms with van der Waals surface area (Å²) >= 11 is 3.36. The second-order valence-corrected chi connectivity index (χ2v) is 4.47. The Kier molecular flexibility index (Phi) is 2.00. The quantitative estimate of drug-likeness (QED) is 0.815. The van der Waals surface area contributed by atoms with E-state index in [0.29, 0.717) is 12.8 Å². The second kappa shape index (κ2) is 2.93. The molecule has 3 heteroatoms. The first-order chi connectivity index (χ1) is 6.10. The predicted molar refractivity (Wildman–Crippen MR) is 54.2 cm³/mol. The van der Waals surface area contributed by atoms with Gasteiger partial charge < -0.3 is 5.73 Å². The maximum atomic E-state index is 10.9. The molecule has 68 valence electrons. The number of hydrogen-bond donors (Lipinski definition) is 1. The van der Waals surface area contributed by atoms with Gasteiger partial charge in [0.25, 0.3) is 0 Å². The first kappa shape index (κ1) is 8.91. The van der Waals surface area contributed by atoms with Gasteiger partial charge >= 0.3 is 0 Å². The van der Waals surface area contributed by atoms with E-state index >= 15 is 0 Å². The maximum absolute atomic E-state index is 10.9. The third-order valence-electron chi connectivity index (χ3n) is 2.44. The molecule has 0 amide bonds. The van der Waals surface area contributed by atoms with Gasteiger partial charge in [-0.1, -0.05) is 28.1 Å². The summed E-state index contributed by atoms with van der Waals surface area (Å²) in [4.78, 5) is 10.9. The number of carbonyl (C=O) groups is 1. The molecule has 2 rings (SSSR count). The number of Topliss-reactive ketones (excluding diaryl/α,β-unsaturated/α-hetero) is 1. The molecule has 0 saturated heterocycles. The fraction of sp³-hybridized carbons (Fsp3) is 0.300. The van der Waals surface area contributed by atoms with Crippen LogP contribution in [0.15, 0.2) is 28.7 Å². The zero-order chi connectivity index (χ0) is 9.47. The Bertz CT molecular complexity index is 336. The van der Waals surface area contributed by atoms with E-state index in [1.54, 1.807) is 0 Å². The molecule has 0 radical (unpaired) electrons. The van der Waals surface area contributed by atoms with E-state index in [2.05, 4.69) is 15.9 Å². The van der Waals surface area contributed by atoms with Gasteiger partial charge in [-0.3, -0.25) is 4.79 Å². The Morgan fingerprint density at radius 1 is 1.23 bits per heavy atom. The molecule has 1 aliphatic rings. The van der Waals surface area contributed by atoms with Gasteiger partial charge in [0.05, 0.1) is 5.54 Å². The number of benzene rings is 1. The van der Waals surface area contributed by atoms with Gasteiger partial charge in [-0.15, -0.1) is 0 Å². The molecule has 1 aliphatic carbocycles. The standard InChI is InChI=1S/C10H10BrNO/c11-8-3-1-7(2-4-8)10(12)5-9(13)6-10/h1-4H,5-6,12H2. The van der Waals surface area contributed by atoms with Gasteiger partial charge in [0.15, 0.2) is 0 Å². The predicted octanol–water partition coefficient (Wildman–Crippen LogP) is 1.97. The Hall–Kier alpha value is -0.670. The topological polar surface area (TPSA) is 43.1 Å². The number of nitrogens with two attached hydrogens (primary N) is 1. The van der Waals surface area contributed by atoms with E-state index in [4.69, 9.17) is 5.73 Å². The average Bonchev–Trinajstić information content (AvgIpc) is 2.03. The van der Waals surface area contributed by atoms with Crippen molar-refractivity contribution < 1.29 is 4.79 Å². The number of rotatable bonds is 1. The first-order valence-electron chi connectivity index (χ1n) is 4.17. The smallest absolute Gasteiger partial charge is 0.137 e. The lowest BCUT2D eigenvalue weighted by atomic mass is 9.72. The normalized spacial score (nSPS) is 19.7. The van der Waals surface area contributed by atoms with Gasteiger partial charge in [-0.25, -0.2) is 0 Å². The summed E-state index contributed by atoms with van der Waals surface area (Å²) < 4.78 is 1.03. The minimum Gasteiger partial charge on any atom is -0.321 e. The Morgan fingerprint density at radius 3 is 2.23 bits per heavy atom. The zero-order valence-corrected chi connectivity index (χ0v) is 8.67. The molecule has 0 aromatic heterocycles. The Morgan fingerprint density at radius 2 is 1.77 bits per heavy atom. The first-order valence-corrected chi connectivity index (χ1v) is 4.96. The molecular weight excluding hydrogens is 230 g/mol. The van der Waals surface area contributed by atoms with Crippen LogP contribution < -0.4 is 5.73 Å². The van der Waals surface area contributed by atoms with Crippen molar-refractivity contribution in [2.75, 3.05) is 0 Å². The van der Waals surface area contributed by atoms with E-state index in [1.807, 2.05) is 24.3 Å². The van der Waals surface area contributed by atoms with E-state index < -0.39 is 5.54 Å². The summed E-state index contributed by atoms with van der Waals surface area (Å²) in [5.74, 6) is 0.255. The summed E-state index contributed by atoms with van der Waals surface area (Å²) in [6.07, 6.45) is 0.962. The lowest BCUT2D eigenvalue weighted by Gasteiger charge is -2.37. The highest BCUT2D eigenvalue weighted by molar-refractivity contribution is 9.10. The molecule has 13 heavy (non-hydrogen) atoms. The van der Waals surface area contributed by atoms with Crippen LogP contribution in [0.1, 0.15) is 18.4 Å². The summed E-state index contributed by atoms with van der Waals surface area (Å²) in [5.41, 5.74) is 6.69. The summed E-state index contributed by atoms with van der Waals surface area (Å²) in [6, 6.07) is 7.84. The van der Waals surface area contributed by atoms with Gasteiger partial charge in [0, 0.05) is 17.3 Å². The molecule has 0 atom stereocenters. The molecule has 2 nitrogen and oxygen atoms in total. The van der Waals surface area contributed by atoms with Crippen molar-refractivity contribution in [1.29, 1.82) is 0 Å². The summed E-state index contributed by atoms with van der Waals surface area (Å²) in [7, 11) is 0. The van der Waals surface area contributed by atoms with Crippen LogP contribution in [-0.4, -0.2) is 5.78 Å². The number of hydrogen-bond acceptors (Lipinski definition) is 2.